The maximum absolute atomic E-state index is 5.94. The lowest BCUT2D eigenvalue weighted by Crippen LogP contribution is -2.31. The van der Waals surface area contributed by atoms with Gasteiger partial charge in [0, 0.05) is 5.54 Å². The lowest BCUT2D eigenvalue weighted by atomic mass is 10.00. The van der Waals surface area contributed by atoms with E-state index in [4.69, 9.17) is 5.73 Å². The molecule has 1 heterocycles. The molecule has 3 nitrogen and oxygen atoms in total. The molecule has 0 spiro atoms. The van der Waals surface area contributed by atoms with Crippen molar-refractivity contribution in [2.24, 2.45) is 5.73 Å². The van der Waals surface area contributed by atoms with Gasteiger partial charge >= 0.3 is 0 Å². The van der Waals surface area contributed by atoms with Gasteiger partial charge in [0.15, 0.2) is 0 Å². The van der Waals surface area contributed by atoms with Crippen molar-refractivity contribution in [3.8, 4) is 0 Å². The predicted octanol–water partition coefficient (Wildman–Crippen LogP) is 3.40. The number of hydrogen-bond acceptors (Lipinski definition) is 2. The molecule has 0 atom stereocenters. The minimum absolute atomic E-state index is 0.0885. The Balaban J connectivity index is 2.05. The van der Waals surface area contributed by atoms with Crippen molar-refractivity contribution >= 4 is 17.1 Å². The number of nitrogens with zero attached hydrogens (tertiary/aromatic N) is 1. The number of H-pyrrole nitrogens is 1. The Morgan fingerprint density at radius 3 is 2.89 bits per heavy atom. The topological polar surface area (TPSA) is 54.7 Å². The molecule has 0 aliphatic carbocycles. The summed E-state index contributed by atoms with van der Waals surface area (Å²) in [5.41, 5.74) is 9.16. The molecular formula is C15H21N3. The summed E-state index contributed by atoms with van der Waals surface area (Å²) in [6.07, 6.45) is 6.32. The summed E-state index contributed by atoms with van der Waals surface area (Å²) in [5.74, 6) is 0.955. The SMILES string of the molecule is Cc1nc2ccc(/C=C/CCC(C)(C)N)cc2[nH]1. The highest BCUT2D eigenvalue weighted by molar-refractivity contribution is 5.78. The van der Waals surface area contributed by atoms with Crippen molar-refractivity contribution in [3.63, 3.8) is 0 Å². The van der Waals surface area contributed by atoms with E-state index >= 15 is 0 Å². The van der Waals surface area contributed by atoms with Crippen LogP contribution in [0.5, 0.6) is 0 Å². The van der Waals surface area contributed by atoms with Gasteiger partial charge in [0.25, 0.3) is 0 Å². The van der Waals surface area contributed by atoms with Crippen molar-refractivity contribution in [1.82, 2.24) is 9.97 Å². The molecule has 0 saturated carbocycles. The van der Waals surface area contributed by atoms with Crippen LogP contribution in [0, 0.1) is 6.92 Å². The van der Waals surface area contributed by atoms with Gasteiger partial charge in [-0.15, -0.1) is 0 Å². The number of nitrogens with two attached hydrogens (primary N) is 1. The molecule has 3 N–H and O–H groups in total. The Morgan fingerprint density at radius 1 is 1.39 bits per heavy atom. The number of aromatic amines is 1. The van der Waals surface area contributed by atoms with E-state index in [1.54, 1.807) is 0 Å². The van der Waals surface area contributed by atoms with Gasteiger partial charge in [-0.3, -0.25) is 0 Å². The van der Waals surface area contributed by atoms with Crippen LogP contribution < -0.4 is 5.73 Å². The first-order chi connectivity index (χ1) is 8.44. The quantitative estimate of drug-likeness (QED) is 0.864. The summed E-state index contributed by atoms with van der Waals surface area (Å²) in [5, 5.41) is 0. The largest absolute Gasteiger partial charge is 0.342 e. The van der Waals surface area contributed by atoms with E-state index < -0.39 is 0 Å². The molecule has 0 fully saturated rings. The summed E-state index contributed by atoms with van der Waals surface area (Å²) >= 11 is 0. The van der Waals surface area contributed by atoms with E-state index in [-0.39, 0.29) is 5.54 Å². The molecule has 0 aliphatic heterocycles. The second-order valence-corrected chi connectivity index (χ2v) is 5.53. The summed E-state index contributed by atoms with van der Waals surface area (Å²) in [6, 6.07) is 6.26. The van der Waals surface area contributed by atoms with Crippen molar-refractivity contribution in [1.29, 1.82) is 0 Å². The molecule has 3 heteroatoms. The fourth-order valence-corrected chi connectivity index (χ4v) is 1.93. The van der Waals surface area contributed by atoms with Gasteiger partial charge in [-0.25, -0.2) is 4.98 Å². The maximum atomic E-state index is 5.94. The van der Waals surface area contributed by atoms with Gasteiger partial charge in [0.05, 0.1) is 11.0 Å². The smallest absolute Gasteiger partial charge is 0.104 e. The number of fused-ring (bicyclic) bond motifs is 1. The van der Waals surface area contributed by atoms with Crippen molar-refractivity contribution < 1.29 is 0 Å². The first kappa shape index (κ1) is 12.8. The van der Waals surface area contributed by atoms with E-state index in [2.05, 4.69) is 48.1 Å². The molecule has 2 rings (SSSR count). The standard InChI is InChI=1S/C15H21N3/c1-11-17-13-8-7-12(10-14(13)18-11)6-4-5-9-15(2,3)16/h4,6-8,10H,5,9,16H2,1-3H3,(H,17,18)/b6-4+. The van der Waals surface area contributed by atoms with Crippen LogP contribution in [0.25, 0.3) is 17.1 Å². The van der Waals surface area contributed by atoms with E-state index in [0.29, 0.717) is 0 Å². The Labute approximate surface area is 108 Å². The average molecular weight is 243 g/mol. The van der Waals surface area contributed by atoms with Gasteiger partial charge in [-0.1, -0.05) is 18.2 Å². The predicted molar refractivity (Wildman–Crippen MR) is 77.4 cm³/mol. The fraction of sp³-hybridized carbons (Fsp3) is 0.400. The number of rotatable bonds is 4. The normalized spacial score (nSPS) is 12.7. The summed E-state index contributed by atoms with van der Waals surface area (Å²) in [4.78, 5) is 7.64. The van der Waals surface area contributed by atoms with Gasteiger partial charge in [-0.2, -0.15) is 0 Å². The minimum atomic E-state index is -0.0885. The Bertz CT molecular complexity index is 559. The van der Waals surface area contributed by atoms with Crippen LogP contribution in [0.4, 0.5) is 0 Å². The molecule has 96 valence electrons. The number of aromatic nitrogens is 2. The number of allylic oxidation sites excluding steroid dienone is 1. The Hall–Kier alpha value is -1.61. The van der Waals surface area contributed by atoms with Crippen LogP contribution in [0.2, 0.25) is 0 Å². The molecule has 1 aromatic heterocycles. The third-order valence-electron chi connectivity index (χ3n) is 2.89. The number of hydrogen-bond donors (Lipinski definition) is 2. The van der Waals surface area contributed by atoms with Gasteiger partial charge in [0.2, 0.25) is 0 Å². The Morgan fingerprint density at radius 2 is 2.17 bits per heavy atom. The van der Waals surface area contributed by atoms with Gasteiger partial charge in [-0.05, 0) is 51.3 Å². The zero-order valence-electron chi connectivity index (χ0n) is 11.3. The summed E-state index contributed by atoms with van der Waals surface area (Å²) < 4.78 is 0. The second kappa shape index (κ2) is 4.94. The second-order valence-electron chi connectivity index (χ2n) is 5.53. The third kappa shape index (κ3) is 3.44. The van der Waals surface area contributed by atoms with Crippen molar-refractivity contribution in [2.45, 2.75) is 39.2 Å². The first-order valence-electron chi connectivity index (χ1n) is 6.36. The first-order valence-corrected chi connectivity index (χ1v) is 6.36. The molecule has 0 amide bonds. The minimum Gasteiger partial charge on any atom is -0.342 e. The van der Waals surface area contributed by atoms with Crippen LogP contribution in [-0.2, 0) is 0 Å². The van der Waals surface area contributed by atoms with E-state index in [0.717, 1.165) is 29.7 Å². The zero-order chi connectivity index (χ0) is 13.2. The number of aryl methyl sites for hydroxylation is 1. The summed E-state index contributed by atoms with van der Waals surface area (Å²) in [6.45, 7) is 6.08. The molecule has 0 unspecified atom stereocenters. The monoisotopic (exact) mass is 243 g/mol. The highest BCUT2D eigenvalue weighted by atomic mass is 14.9. The Kier molecular flexibility index (Phi) is 3.53. The molecule has 18 heavy (non-hydrogen) atoms. The number of benzene rings is 1. The van der Waals surface area contributed by atoms with Crippen LogP contribution in [0.1, 0.15) is 38.1 Å². The van der Waals surface area contributed by atoms with E-state index in [1.165, 1.54) is 5.56 Å². The highest BCUT2D eigenvalue weighted by Crippen LogP contribution is 2.15. The van der Waals surface area contributed by atoms with E-state index in [9.17, 15) is 0 Å². The molecular weight excluding hydrogens is 222 g/mol. The van der Waals surface area contributed by atoms with Crippen molar-refractivity contribution in [3.05, 3.63) is 35.7 Å². The van der Waals surface area contributed by atoms with Gasteiger partial charge < -0.3 is 10.7 Å². The number of imidazole rings is 1. The lowest BCUT2D eigenvalue weighted by molar-refractivity contribution is 0.482. The van der Waals surface area contributed by atoms with Gasteiger partial charge in [0.1, 0.15) is 5.82 Å². The van der Waals surface area contributed by atoms with E-state index in [1.807, 2.05) is 13.0 Å². The molecule has 0 saturated heterocycles. The van der Waals surface area contributed by atoms with Crippen LogP contribution in [0.3, 0.4) is 0 Å². The van der Waals surface area contributed by atoms with Crippen LogP contribution in [0.15, 0.2) is 24.3 Å². The lowest BCUT2D eigenvalue weighted by Gasteiger charge is -2.16. The molecule has 0 bridgehead atoms. The maximum Gasteiger partial charge on any atom is 0.104 e. The van der Waals surface area contributed by atoms with Crippen LogP contribution in [-0.4, -0.2) is 15.5 Å². The van der Waals surface area contributed by atoms with Crippen LogP contribution >= 0.6 is 0 Å². The molecule has 0 aliphatic rings. The average Bonchev–Trinajstić information content (AvgIpc) is 2.62. The van der Waals surface area contributed by atoms with Crippen molar-refractivity contribution in [2.75, 3.05) is 0 Å². The fourth-order valence-electron chi connectivity index (χ4n) is 1.93. The molecule has 1 aromatic carbocycles. The number of nitrogens with one attached hydrogen (secondary N) is 1. The molecule has 2 aromatic rings. The third-order valence-corrected chi connectivity index (χ3v) is 2.89. The summed E-state index contributed by atoms with van der Waals surface area (Å²) in [7, 11) is 0. The molecule has 0 radical (unpaired) electrons. The highest BCUT2D eigenvalue weighted by Gasteiger charge is 2.07. The zero-order valence-corrected chi connectivity index (χ0v) is 11.3.